The number of hydrogen-bond donors (Lipinski definition) is 0. The Bertz CT molecular complexity index is 56.8. The van der Waals surface area contributed by atoms with Crippen LogP contribution in [-0.2, 0) is 4.74 Å². The maximum absolute atomic E-state index is 4.97. The minimum Gasteiger partial charge on any atom is -0.382 e. The van der Waals surface area contributed by atoms with Gasteiger partial charge >= 0.3 is 5.31 Å². The van der Waals surface area contributed by atoms with Crippen molar-refractivity contribution in [2.75, 3.05) is 13.2 Å². The van der Waals surface area contributed by atoms with E-state index in [4.69, 9.17) is 49.1 Å². The molecule has 64 valence electrons. The molecule has 0 fully saturated rings. The molecule has 0 rings (SSSR count). The fourth-order valence-corrected chi connectivity index (χ4v) is 0.204. The van der Waals surface area contributed by atoms with Gasteiger partial charge in [0.25, 0.3) is 0 Å². The Kier molecular flexibility index (Phi) is 11.7. The molecule has 10 heavy (non-hydrogen) atoms. The molecule has 0 heterocycles. The molecule has 1 nitrogen and oxygen atoms in total. The predicted molar refractivity (Wildman–Crippen MR) is 51.3 cm³/mol. The highest BCUT2D eigenvalue weighted by molar-refractivity contribution is 7.81. The first-order valence-electron chi connectivity index (χ1n) is 2.75. The molecule has 0 aliphatic rings. The lowest BCUT2D eigenvalue weighted by Gasteiger charge is -1.86. The largest absolute Gasteiger partial charge is 0.440 e. The van der Waals surface area contributed by atoms with Crippen LogP contribution in [0, 0.1) is 0 Å². The Morgan fingerprint density at radius 3 is 1.20 bits per heavy atom. The molecule has 0 amide bonds. The zero-order valence-electron chi connectivity index (χ0n) is 5.83. The molecule has 0 saturated carbocycles. The van der Waals surface area contributed by atoms with Crippen molar-refractivity contribution in [3.05, 3.63) is 0 Å². The minimum absolute atomic E-state index is 0.844. The van der Waals surface area contributed by atoms with E-state index in [1.807, 2.05) is 13.8 Å². The van der Waals surface area contributed by atoms with Gasteiger partial charge in [0.2, 0.25) is 0 Å². The Labute approximate surface area is 81.4 Å². The van der Waals surface area contributed by atoms with Crippen LogP contribution in [0.3, 0.4) is 0 Å². The Hall–Kier alpha value is 1.34. The second kappa shape index (κ2) is 8.43. The van der Waals surface area contributed by atoms with Crippen LogP contribution in [0.25, 0.3) is 0 Å². The summed E-state index contributed by atoms with van der Waals surface area (Å²) in [5, 5.41) is -2.72. The Morgan fingerprint density at radius 2 is 1.20 bits per heavy atom. The molecule has 0 aromatic heterocycles. The van der Waals surface area contributed by atoms with Crippen molar-refractivity contribution < 1.29 is 4.74 Å². The number of halogens is 4. The topological polar surface area (TPSA) is 9.23 Å². The molecule has 0 unspecified atom stereocenters. The lowest BCUT2D eigenvalue weighted by atomic mass is 10.8. The Morgan fingerprint density at radius 1 is 1.00 bits per heavy atom. The van der Waals surface area contributed by atoms with Gasteiger partial charge in [-0.25, -0.2) is 0 Å². The summed E-state index contributed by atoms with van der Waals surface area (Å²) in [6.07, 6.45) is 0. The van der Waals surface area contributed by atoms with Crippen LogP contribution < -0.4 is 0 Å². The maximum Gasteiger partial charge on any atom is 0.440 e. The zero-order valence-corrected chi connectivity index (χ0v) is 9.86. The van der Waals surface area contributed by atoms with Gasteiger partial charge in [-0.2, -0.15) is 0 Å². The van der Waals surface area contributed by atoms with Crippen LogP contribution in [0.15, 0.2) is 0 Å². The Balaban J connectivity index is 0. The monoisotopic (exact) mass is 242 g/mol. The molecule has 0 radical (unpaired) electrons. The normalized spacial score (nSPS) is 10.2. The SMILES string of the molecule is CCOCC.Cl[Si](Cl)(Cl)Cl. The lowest BCUT2D eigenvalue weighted by molar-refractivity contribution is 0.162. The molecule has 0 aromatic rings. The van der Waals surface area contributed by atoms with E-state index >= 15 is 0 Å². The van der Waals surface area contributed by atoms with Crippen molar-refractivity contribution in [2.24, 2.45) is 0 Å². The summed E-state index contributed by atoms with van der Waals surface area (Å²) in [6, 6.07) is 0. The van der Waals surface area contributed by atoms with Crippen molar-refractivity contribution in [2.45, 2.75) is 13.8 Å². The summed E-state index contributed by atoms with van der Waals surface area (Å²) in [5.74, 6) is 0. The summed E-state index contributed by atoms with van der Waals surface area (Å²) >= 11 is 19.9. The van der Waals surface area contributed by atoms with E-state index in [0.717, 1.165) is 13.2 Å². The van der Waals surface area contributed by atoms with Crippen LogP contribution in [0.4, 0.5) is 0 Å². The fraction of sp³-hybridized carbons (Fsp3) is 1.00. The van der Waals surface area contributed by atoms with Gasteiger partial charge in [-0.05, 0) is 13.8 Å². The van der Waals surface area contributed by atoms with Crippen LogP contribution in [-0.4, -0.2) is 18.5 Å². The second-order valence-electron chi connectivity index (χ2n) is 1.21. The molecule has 0 atom stereocenters. The number of hydrogen-bond acceptors (Lipinski definition) is 1. The van der Waals surface area contributed by atoms with Gasteiger partial charge in [0.05, 0.1) is 0 Å². The predicted octanol–water partition coefficient (Wildman–Crippen LogP) is 3.42. The molecule has 0 aliphatic carbocycles. The number of rotatable bonds is 2. The smallest absolute Gasteiger partial charge is 0.382 e. The molecule has 0 bridgehead atoms. The molecule has 0 aromatic carbocycles. The van der Waals surface area contributed by atoms with Gasteiger partial charge in [0.1, 0.15) is 0 Å². The third kappa shape index (κ3) is 58.3. The quantitative estimate of drug-likeness (QED) is 0.534. The fourth-order valence-electron chi connectivity index (χ4n) is 0.204. The van der Waals surface area contributed by atoms with Crippen molar-refractivity contribution >= 4 is 49.6 Å². The first kappa shape index (κ1) is 13.9. The molecule has 0 saturated heterocycles. The summed E-state index contributed by atoms with van der Waals surface area (Å²) < 4.78 is 4.83. The average Bonchev–Trinajstić information content (AvgIpc) is 1.63. The molecule has 6 heteroatoms. The number of ether oxygens (including phenoxy) is 1. The lowest BCUT2D eigenvalue weighted by Crippen LogP contribution is -1.91. The van der Waals surface area contributed by atoms with E-state index in [9.17, 15) is 0 Å². The highest BCUT2D eigenvalue weighted by atomic mass is 36.0. The van der Waals surface area contributed by atoms with E-state index in [-0.39, 0.29) is 0 Å². The van der Waals surface area contributed by atoms with Crippen LogP contribution in [0.1, 0.15) is 13.8 Å². The summed E-state index contributed by atoms with van der Waals surface area (Å²) in [6.45, 7) is 5.67. The summed E-state index contributed by atoms with van der Waals surface area (Å²) in [5.41, 5.74) is 0. The molecule has 0 spiro atoms. The van der Waals surface area contributed by atoms with Crippen LogP contribution in [0.5, 0.6) is 0 Å². The molecule has 0 aliphatic heterocycles. The third-order valence-corrected chi connectivity index (χ3v) is 0.408. The van der Waals surface area contributed by atoms with Crippen molar-refractivity contribution in [1.82, 2.24) is 0 Å². The van der Waals surface area contributed by atoms with Crippen LogP contribution >= 0.6 is 44.3 Å². The first-order chi connectivity index (χ1) is 4.41. The van der Waals surface area contributed by atoms with Gasteiger partial charge < -0.3 is 4.74 Å². The molecular formula is C4H10Cl4OSi. The van der Waals surface area contributed by atoms with Gasteiger partial charge in [-0.1, -0.05) is 0 Å². The average molecular weight is 244 g/mol. The van der Waals surface area contributed by atoms with Crippen molar-refractivity contribution in [1.29, 1.82) is 0 Å². The van der Waals surface area contributed by atoms with E-state index in [1.54, 1.807) is 0 Å². The maximum atomic E-state index is 4.97. The van der Waals surface area contributed by atoms with Crippen molar-refractivity contribution in [3.63, 3.8) is 0 Å². The third-order valence-electron chi connectivity index (χ3n) is 0.408. The molecule has 0 N–H and O–H groups in total. The molecular weight excluding hydrogens is 234 g/mol. The van der Waals surface area contributed by atoms with E-state index in [1.165, 1.54) is 0 Å². The highest BCUT2D eigenvalue weighted by Gasteiger charge is 2.19. The summed E-state index contributed by atoms with van der Waals surface area (Å²) in [4.78, 5) is 0. The van der Waals surface area contributed by atoms with Crippen LogP contribution in [0.2, 0.25) is 0 Å². The van der Waals surface area contributed by atoms with E-state index in [0.29, 0.717) is 0 Å². The van der Waals surface area contributed by atoms with E-state index in [2.05, 4.69) is 0 Å². The minimum atomic E-state index is -2.72. The van der Waals surface area contributed by atoms with Gasteiger partial charge in [-0.15, -0.1) is 44.3 Å². The van der Waals surface area contributed by atoms with E-state index < -0.39 is 5.31 Å². The van der Waals surface area contributed by atoms with Gasteiger partial charge in [0.15, 0.2) is 0 Å². The van der Waals surface area contributed by atoms with Gasteiger partial charge in [-0.3, -0.25) is 0 Å². The van der Waals surface area contributed by atoms with Crippen molar-refractivity contribution in [3.8, 4) is 0 Å². The zero-order chi connectivity index (χ0) is 8.62. The first-order valence-corrected chi connectivity index (χ1v) is 8.79. The van der Waals surface area contributed by atoms with Gasteiger partial charge in [0, 0.05) is 13.2 Å². The standard InChI is InChI=1S/C4H10O.Cl4Si/c1-3-5-4-2;1-5(2,3)4/h3-4H2,1-2H3;. The highest BCUT2D eigenvalue weighted by Crippen LogP contribution is 2.23. The summed E-state index contributed by atoms with van der Waals surface area (Å²) in [7, 11) is 0. The second-order valence-corrected chi connectivity index (χ2v) is 12.4.